The summed E-state index contributed by atoms with van der Waals surface area (Å²) in [6, 6.07) is 14.1. The normalized spacial score (nSPS) is 9.14. The molecule has 0 aromatic heterocycles. The largest absolute Gasteiger partial charge is 0.395 e. The van der Waals surface area contributed by atoms with Crippen molar-refractivity contribution in [1.82, 2.24) is 9.80 Å². The van der Waals surface area contributed by atoms with Gasteiger partial charge in [-0.3, -0.25) is 0 Å². The Balaban J connectivity index is 3.54. The van der Waals surface area contributed by atoms with Crippen molar-refractivity contribution in [2.24, 2.45) is 0 Å². The van der Waals surface area contributed by atoms with E-state index in [0.29, 0.717) is 22.5 Å². The molecule has 0 heterocycles. The SMILES string of the molecule is CN(CCO)C(=C(C#N)C#N)c1ccc(C(=C(C#N)C#N)N(C)CCO)cc1. The van der Waals surface area contributed by atoms with Crippen LogP contribution >= 0.6 is 0 Å². The van der Waals surface area contributed by atoms with Gasteiger partial charge in [0.25, 0.3) is 0 Å². The molecule has 0 saturated carbocycles. The molecule has 0 atom stereocenters. The fraction of sp³-hybridized carbons (Fsp3) is 0.300. The van der Waals surface area contributed by atoms with Gasteiger partial charge in [-0.1, -0.05) is 24.3 Å². The third-order valence-electron chi connectivity index (χ3n) is 3.99. The summed E-state index contributed by atoms with van der Waals surface area (Å²) in [4.78, 5) is 3.23. The molecule has 0 saturated heterocycles. The van der Waals surface area contributed by atoms with Crippen LogP contribution in [0.25, 0.3) is 11.4 Å². The minimum atomic E-state index is -0.144. The molecule has 2 N–H and O–H groups in total. The van der Waals surface area contributed by atoms with Gasteiger partial charge in [0.1, 0.15) is 24.3 Å². The zero-order valence-electron chi connectivity index (χ0n) is 15.7. The van der Waals surface area contributed by atoms with E-state index in [0.717, 1.165) is 0 Å². The average molecular weight is 376 g/mol. The zero-order chi connectivity index (χ0) is 21.1. The number of nitrogens with zero attached hydrogens (tertiary/aromatic N) is 6. The van der Waals surface area contributed by atoms with Crippen LogP contribution in [-0.2, 0) is 0 Å². The molecular weight excluding hydrogens is 356 g/mol. The van der Waals surface area contributed by atoms with Crippen LogP contribution in [0.1, 0.15) is 11.1 Å². The van der Waals surface area contributed by atoms with Crippen LogP contribution in [0, 0.1) is 45.3 Å². The van der Waals surface area contributed by atoms with Gasteiger partial charge in [-0.2, -0.15) is 21.0 Å². The number of benzene rings is 1. The van der Waals surface area contributed by atoms with Gasteiger partial charge in [0.15, 0.2) is 11.1 Å². The van der Waals surface area contributed by atoms with E-state index in [1.54, 1.807) is 48.2 Å². The molecule has 8 heteroatoms. The minimum Gasteiger partial charge on any atom is -0.395 e. The van der Waals surface area contributed by atoms with Crippen LogP contribution in [0.5, 0.6) is 0 Å². The number of aliphatic hydroxyl groups is 2. The Morgan fingerprint density at radius 1 is 0.714 bits per heavy atom. The van der Waals surface area contributed by atoms with Crippen molar-refractivity contribution in [1.29, 1.82) is 21.0 Å². The van der Waals surface area contributed by atoms with Crippen molar-refractivity contribution in [2.75, 3.05) is 40.4 Å². The second-order valence-electron chi connectivity index (χ2n) is 5.76. The molecule has 0 radical (unpaired) electrons. The standard InChI is InChI=1S/C20H20N6O2/c1-25(7-9-27)19(17(11-21)12-22)15-3-5-16(6-4-15)20(18(13-23)14-24)26(2)8-10-28/h3-6,27-28H,7-10H2,1-2H3. The molecule has 28 heavy (non-hydrogen) atoms. The number of aliphatic hydroxyl groups excluding tert-OH is 2. The number of nitriles is 4. The van der Waals surface area contributed by atoms with E-state index in [1.165, 1.54) is 0 Å². The fourth-order valence-corrected chi connectivity index (χ4v) is 2.68. The Labute approximate surface area is 164 Å². The predicted molar refractivity (Wildman–Crippen MR) is 102 cm³/mol. The Morgan fingerprint density at radius 3 is 1.21 bits per heavy atom. The molecule has 0 spiro atoms. The maximum Gasteiger partial charge on any atom is 0.153 e. The summed E-state index contributed by atoms with van der Waals surface area (Å²) in [5.41, 5.74) is 1.73. The Morgan fingerprint density at radius 2 is 1.00 bits per heavy atom. The first-order chi connectivity index (χ1) is 13.5. The number of rotatable bonds is 8. The average Bonchev–Trinajstić information content (AvgIpc) is 2.70. The molecule has 1 aromatic carbocycles. The quantitative estimate of drug-likeness (QED) is 0.641. The van der Waals surface area contributed by atoms with Gasteiger partial charge < -0.3 is 20.0 Å². The van der Waals surface area contributed by atoms with Crippen molar-refractivity contribution >= 4 is 11.4 Å². The molecular formula is C20H20N6O2. The van der Waals surface area contributed by atoms with Crippen LogP contribution in [0.2, 0.25) is 0 Å². The molecule has 0 aliphatic rings. The van der Waals surface area contributed by atoms with Crippen molar-refractivity contribution in [2.45, 2.75) is 0 Å². The lowest BCUT2D eigenvalue weighted by Gasteiger charge is -2.24. The van der Waals surface area contributed by atoms with Gasteiger partial charge in [0, 0.05) is 27.2 Å². The zero-order valence-corrected chi connectivity index (χ0v) is 15.7. The first-order valence-electron chi connectivity index (χ1n) is 8.32. The molecule has 0 aliphatic carbocycles. The molecule has 0 fully saturated rings. The topological polar surface area (TPSA) is 142 Å². The van der Waals surface area contributed by atoms with Crippen molar-refractivity contribution in [3.05, 3.63) is 46.5 Å². The lowest BCUT2D eigenvalue weighted by Crippen LogP contribution is -2.23. The first-order valence-corrected chi connectivity index (χ1v) is 8.32. The first kappa shape index (κ1) is 22.2. The molecule has 8 nitrogen and oxygen atoms in total. The Kier molecular flexibility index (Phi) is 8.74. The molecule has 0 aliphatic heterocycles. The summed E-state index contributed by atoms with van der Waals surface area (Å²) in [5, 5.41) is 55.4. The summed E-state index contributed by atoms with van der Waals surface area (Å²) >= 11 is 0. The van der Waals surface area contributed by atoms with Gasteiger partial charge >= 0.3 is 0 Å². The van der Waals surface area contributed by atoms with Gasteiger partial charge in [-0.25, -0.2) is 0 Å². The summed E-state index contributed by atoms with van der Waals surface area (Å²) < 4.78 is 0. The van der Waals surface area contributed by atoms with Crippen molar-refractivity contribution in [3.63, 3.8) is 0 Å². The number of likely N-dealkylation sites (N-methyl/N-ethyl adjacent to an activating group) is 2. The lowest BCUT2D eigenvalue weighted by molar-refractivity contribution is 0.258. The molecule has 142 valence electrons. The summed E-state index contributed by atoms with van der Waals surface area (Å²) in [6.07, 6.45) is 0. The third-order valence-corrected chi connectivity index (χ3v) is 3.99. The Bertz CT molecular complexity index is 811. The molecule has 0 unspecified atom stereocenters. The highest BCUT2D eigenvalue weighted by Crippen LogP contribution is 2.26. The summed E-state index contributed by atoms with van der Waals surface area (Å²) in [7, 11) is 3.33. The van der Waals surface area contributed by atoms with E-state index in [2.05, 4.69) is 0 Å². The van der Waals surface area contributed by atoms with Crippen molar-refractivity contribution in [3.8, 4) is 24.3 Å². The summed E-state index contributed by atoms with van der Waals surface area (Å²) in [6.45, 7) is 0.187. The second kappa shape index (κ2) is 11.0. The number of allylic oxidation sites excluding steroid dienone is 2. The second-order valence-corrected chi connectivity index (χ2v) is 5.76. The summed E-state index contributed by atoms with van der Waals surface area (Å²) in [5.74, 6) is 0. The van der Waals surface area contributed by atoms with E-state index in [1.807, 2.05) is 24.3 Å². The van der Waals surface area contributed by atoms with Crippen LogP contribution in [0.4, 0.5) is 0 Å². The van der Waals surface area contributed by atoms with Crippen LogP contribution < -0.4 is 0 Å². The molecule has 1 aromatic rings. The maximum absolute atomic E-state index is 9.26. The number of hydrogen-bond acceptors (Lipinski definition) is 8. The Hall–Kier alpha value is -3.82. The highest BCUT2D eigenvalue weighted by molar-refractivity contribution is 5.77. The highest BCUT2D eigenvalue weighted by Gasteiger charge is 2.17. The van der Waals surface area contributed by atoms with E-state index in [4.69, 9.17) is 0 Å². The predicted octanol–water partition coefficient (Wildman–Crippen LogP) is 1.05. The third kappa shape index (κ3) is 5.10. The lowest BCUT2D eigenvalue weighted by atomic mass is 10.0. The van der Waals surface area contributed by atoms with Crippen LogP contribution in [0.3, 0.4) is 0 Å². The van der Waals surface area contributed by atoms with E-state index >= 15 is 0 Å². The smallest absolute Gasteiger partial charge is 0.153 e. The van der Waals surface area contributed by atoms with E-state index in [-0.39, 0.29) is 37.4 Å². The van der Waals surface area contributed by atoms with Gasteiger partial charge in [-0.15, -0.1) is 0 Å². The fourth-order valence-electron chi connectivity index (χ4n) is 2.68. The van der Waals surface area contributed by atoms with E-state index < -0.39 is 0 Å². The number of hydrogen-bond donors (Lipinski definition) is 2. The van der Waals surface area contributed by atoms with Crippen molar-refractivity contribution < 1.29 is 10.2 Å². The minimum absolute atomic E-state index is 0.0911. The molecule has 0 amide bonds. The maximum atomic E-state index is 9.26. The van der Waals surface area contributed by atoms with Crippen LogP contribution in [-0.4, -0.2) is 60.4 Å². The van der Waals surface area contributed by atoms with Gasteiger partial charge in [0.05, 0.1) is 24.6 Å². The van der Waals surface area contributed by atoms with E-state index in [9.17, 15) is 31.3 Å². The van der Waals surface area contributed by atoms with Gasteiger partial charge in [0.2, 0.25) is 0 Å². The monoisotopic (exact) mass is 376 g/mol. The molecule has 0 bridgehead atoms. The molecule has 1 rings (SSSR count). The van der Waals surface area contributed by atoms with Gasteiger partial charge in [-0.05, 0) is 11.1 Å². The highest BCUT2D eigenvalue weighted by atomic mass is 16.3. The van der Waals surface area contributed by atoms with Crippen LogP contribution in [0.15, 0.2) is 35.4 Å².